The average Bonchev–Trinajstić information content (AvgIpc) is 2.62. The Bertz CT molecular complexity index is 1030. The molecule has 3 aromatic rings. The van der Waals surface area contributed by atoms with E-state index in [0.717, 1.165) is 11.1 Å². The Hall–Kier alpha value is -3.48. The summed E-state index contributed by atoms with van der Waals surface area (Å²) in [6, 6.07) is 8.97. The number of benzene rings is 2. The first kappa shape index (κ1) is 18.3. The third-order valence-electron chi connectivity index (χ3n) is 3.96. The highest BCUT2D eigenvalue weighted by atomic mass is 19.1. The molecule has 1 aromatic heterocycles. The lowest BCUT2D eigenvalue weighted by Gasteiger charge is -2.13. The number of esters is 1. The zero-order chi connectivity index (χ0) is 19.6. The molecule has 0 unspecified atom stereocenters. The lowest BCUT2D eigenvalue weighted by atomic mass is 10.0. The van der Waals surface area contributed by atoms with Crippen LogP contribution in [0.5, 0.6) is 11.5 Å². The van der Waals surface area contributed by atoms with E-state index in [9.17, 15) is 19.1 Å². The van der Waals surface area contributed by atoms with Gasteiger partial charge in [-0.1, -0.05) is 12.1 Å². The number of carbonyl (C=O) groups excluding carboxylic acids is 1. The van der Waals surface area contributed by atoms with Crippen LogP contribution < -0.4 is 9.47 Å². The number of rotatable bonds is 5. The van der Waals surface area contributed by atoms with Gasteiger partial charge in [0.25, 0.3) is 0 Å². The molecule has 0 saturated heterocycles. The largest absolute Gasteiger partial charge is 0.491 e. The van der Waals surface area contributed by atoms with Gasteiger partial charge in [0.1, 0.15) is 11.3 Å². The van der Waals surface area contributed by atoms with E-state index in [2.05, 4.69) is 4.98 Å². The minimum absolute atomic E-state index is 0.00585. The number of ether oxygens (including phenoxy) is 2. The van der Waals surface area contributed by atoms with Crippen LogP contribution in [-0.2, 0) is 11.2 Å². The molecular formula is C20H16FNO5. The molecule has 3 rings (SSSR count). The SMILES string of the molecule is COc1c(OC(C)=O)cc(C(=O)O)c2cc(Cc3ccc(F)cc3)cnc12. The first-order valence-corrected chi connectivity index (χ1v) is 8.05. The smallest absolute Gasteiger partial charge is 0.336 e. The summed E-state index contributed by atoms with van der Waals surface area (Å²) in [5.74, 6) is -1.94. The number of aromatic nitrogens is 1. The quantitative estimate of drug-likeness (QED) is 0.546. The standard InChI is InChI=1S/C20H16FNO5/c1-11(23)27-17-9-16(20(24)25)15-8-13(10-22-18(15)19(17)26-2)7-12-3-5-14(21)6-4-12/h3-6,8-10H,7H2,1-2H3,(H,24,25). The summed E-state index contributed by atoms with van der Waals surface area (Å²) in [5.41, 5.74) is 1.82. The van der Waals surface area contributed by atoms with Crippen molar-refractivity contribution in [3.63, 3.8) is 0 Å². The van der Waals surface area contributed by atoms with Crippen LogP contribution in [0.2, 0.25) is 0 Å². The Morgan fingerprint density at radius 2 is 1.85 bits per heavy atom. The van der Waals surface area contributed by atoms with Crippen molar-refractivity contribution in [2.24, 2.45) is 0 Å². The minimum atomic E-state index is -1.18. The molecule has 0 atom stereocenters. The third-order valence-corrected chi connectivity index (χ3v) is 3.96. The van der Waals surface area contributed by atoms with Gasteiger partial charge >= 0.3 is 11.9 Å². The molecule has 1 heterocycles. The highest BCUT2D eigenvalue weighted by molar-refractivity contribution is 6.06. The second-order valence-electron chi connectivity index (χ2n) is 5.90. The monoisotopic (exact) mass is 369 g/mol. The number of pyridine rings is 1. The normalized spacial score (nSPS) is 10.6. The molecule has 0 aliphatic carbocycles. The second-order valence-corrected chi connectivity index (χ2v) is 5.90. The Kier molecular flexibility index (Phi) is 5.03. The molecule has 0 aliphatic heterocycles. The molecular weight excluding hydrogens is 353 g/mol. The molecule has 0 fully saturated rings. The molecule has 0 bridgehead atoms. The van der Waals surface area contributed by atoms with E-state index < -0.39 is 11.9 Å². The Morgan fingerprint density at radius 1 is 1.15 bits per heavy atom. The van der Waals surface area contributed by atoms with Gasteiger partial charge in [-0.05, 0) is 35.7 Å². The summed E-state index contributed by atoms with van der Waals surface area (Å²) in [7, 11) is 1.39. The molecule has 0 spiro atoms. The first-order chi connectivity index (χ1) is 12.9. The third kappa shape index (κ3) is 3.87. The van der Waals surface area contributed by atoms with Crippen LogP contribution in [-0.4, -0.2) is 29.1 Å². The van der Waals surface area contributed by atoms with Gasteiger partial charge in [-0.2, -0.15) is 0 Å². The number of nitrogens with zero attached hydrogens (tertiary/aromatic N) is 1. The van der Waals surface area contributed by atoms with E-state index >= 15 is 0 Å². The van der Waals surface area contributed by atoms with Gasteiger partial charge in [0, 0.05) is 24.6 Å². The second kappa shape index (κ2) is 7.41. The fraction of sp³-hybridized carbons (Fsp3) is 0.150. The van der Waals surface area contributed by atoms with Crippen molar-refractivity contribution >= 4 is 22.8 Å². The summed E-state index contributed by atoms with van der Waals surface area (Å²) >= 11 is 0. The van der Waals surface area contributed by atoms with Crippen molar-refractivity contribution in [3.8, 4) is 11.5 Å². The number of carbonyl (C=O) groups is 2. The molecule has 2 aromatic carbocycles. The fourth-order valence-electron chi connectivity index (χ4n) is 2.82. The van der Waals surface area contributed by atoms with Crippen LogP contribution in [0.15, 0.2) is 42.6 Å². The number of carboxylic acid groups (broad SMARTS) is 1. The lowest BCUT2D eigenvalue weighted by Crippen LogP contribution is -2.07. The van der Waals surface area contributed by atoms with E-state index in [1.165, 1.54) is 32.2 Å². The van der Waals surface area contributed by atoms with Gasteiger partial charge in [-0.3, -0.25) is 9.78 Å². The predicted molar refractivity (Wildman–Crippen MR) is 95.8 cm³/mol. The summed E-state index contributed by atoms with van der Waals surface area (Å²) in [4.78, 5) is 27.3. The molecule has 0 aliphatic rings. The maximum Gasteiger partial charge on any atom is 0.336 e. The zero-order valence-corrected chi connectivity index (χ0v) is 14.7. The maximum atomic E-state index is 13.1. The summed E-state index contributed by atoms with van der Waals surface area (Å²) in [6.07, 6.45) is 2.04. The van der Waals surface area contributed by atoms with E-state index in [4.69, 9.17) is 9.47 Å². The van der Waals surface area contributed by atoms with Gasteiger partial charge in [0.15, 0.2) is 11.5 Å². The Labute approximate surface area is 154 Å². The lowest BCUT2D eigenvalue weighted by molar-refractivity contribution is -0.132. The number of fused-ring (bicyclic) bond motifs is 1. The molecule has 6 nitrogen and oxygen atoms in total. The molecule has 1 N–H and O–H groups in total. The average molecular weight is 369 g/mol. The number of halogens is 1. The van der Waals surface area contributed by atoms with E-state index in [0.29, 0.717) is 11.8 Å². The minimum Gasteiger partial charge on any atom is -0.491 e. The topological polar surface area (TPSA) is 85.7 Å². The molecule has 0 amide bonds. The van der Waals surface area contributed by atoms with Crippen LogP contribution in [0, 0.1) is 5.82 Å². The summed E-state index contributed by atoms with van der Waals surface area (Å²) in [6.45, 7) is 1.21. The highest BCUT2D eigenvalue weighted by Crippen LogP contribution is 2.37. The zero-order valence-electron chi connectivity index (χ0n) is 14.7. The first-order valence-electron chi connectivity index (χ1n) is 8.05. The molecule has 138 valence electrons. The Morgan fingerprint density at radius 3 is 2.44 bits per heavy atom. The number of aromatic carboxylic acids is 1. The van der Waals surface area contributed by atoms with E-state index in [1.54, 1.807) is 24.4 Å². The van der Waals surface area contributed by atoms with Crippen LogP contribution in [0.4, 0.5) is 4.39 Å². The molecule has 7 heteroatoms. The van der Waals surface area contributed by atoms with Crippen molar-refractivity contribution in [2.45, 2.75) is 13.3 Å². The van der Waals surface area contributed by atoms with Crippen molar-refractivity contribution in [1.29, 1.82) is 0 Å². The highest BCUT2D eigenvalue weighted by Gasteiger charge is 2.20. The fourth-order valence-corrected chi connectivity index (χ4v) is 2.82. The van der Waals surface area contributed by atoms with Gasteiger partial charge in [-0.15, -0.1) is 0 Å². The number of methoxy groups -OCH3 is 1. The summed E-state index contributed by atoms with van der Waals surface area (Å²) in [5, 5.41) is 9.92. The van der Waals surface area contributed by atoms with E-state index in [-0.39, 0.29) is 28.4 Å². The van der Waals surface area contributed by atoms with Gasteiger partial charge in [-0.25, -0.2) is 9.18 Å². The van der Waals surface area contributed by atoms with Crippen molar-refractivity contribution in [3.05, 3.63) is 65.1 Å². The molecule has 0 radical (unpaired) electrons. The van der Waals surface area contributed by atoms with Gasteiger partial charge in [0.2, 0.25) is 0 Å². The van der Waals surface area contributed by atoms with Gasteiger partial charge in [0.05, 0.1) is 12.7 Å². The number of carboxylic acids is 1. The van der Waals surface area contributed by atoms with E-state index in [1.807, 2.05) is 0 Å². The van der Waals surface area contributed by atoms with Crippen LogP contribution in [0.25, 0.3) is 10.9 Å². The molecule has 27 heavy (non-hydrogen) atoms. The van der Waals surface area contributed by atoms with Crippen LogP contribution in [0.3, 0.4) is 0 Å². The van der Waals surface area contributed by atoms with Crippen LogP contribution in [0.1, 0.15) is 28.4 Å². The molecule has 0 saturated carbocycles. The van der Waals surface area contributed by atoms with Crippen molar-refractivity contribution in [1.82, 2.24) is 4.98 Å². The Balaban J connectivity index is 2.14. The van der Waals surface area contributed by atoms with Gasteiger partial charge < -0.3 is 14.6 Å². The predicted octanol–water partition coefficient (Wildman–Crippen LogP) is 3.60. The summed E-state index contributed by atoms with van der Waals surface area (Å²) < 4.78 is 23.4. The number of hydrogen-bond acceptors (Lipinski definition) is 5. The van der Waals surface area contributed by atoms with Crippen LogP contribution >= 0.6 is 0 Å². The number of hydrogen-bond donors (Lipinski definition) is 1. The maximum absolute atomic E-state index is 13.1. The van der Waals surface area contributed by atoms with Crippen molar-refractivity contribution in [2.75, 3.05) is 7.11 Å². The van der Waals surface area contributed by atoms with Crippen molar-refractivity contribution < 1.29 is 28.6 Å².